The number of hydrogen-bond acceptors (Lipinski definition) is 6. The molecule has 1 aromatic heterocycles. The Labute approximate surface area is 175 Å². The molecule has 7 nitrogen and oxygen atoms in total. The van der Waals surface area contributed by atoms with Crippen molar-refractivity contribution in [1.82, 2.24) is 4.98 Å². The highest BCUT2D eigenvalue weighted by Crippen LogP contribution is 2.37. The molecule has 0 spiro atoms. The number of carbonyl (C=O) groups is 1. The van der Waals surface area contributed by atoms with E-state index in [1.165, 1.54) is 0 Å². The number of fused-ring (bicyclic) bond motifs is 2. The van der Waals surface area contributed by atoms with Crippen molar-refractivity contribution < 1.29 is 23.8 Å². The molecule has 0 radical (unpaired) electrons. The maximum absolute atomic E-state index is 12.7. The van der Waals surface area contributed by atoms with E-state index in [1.54, 1.807) is 55.5 Å². The van der Waals surface area contributed by atoms with E-state index < -0.39 is 0 Å². The van der Waals surface area contributed by atoms with Crippen molar-refractivity contribution in [1.29, 1.82) is 0 Å². The smallest absolute Gasteiger partial charge is 0.255 e. The topological polar surface area (TPSA) is 93.8 Å². The highest BCUT2D eigenvalue weighted by molar-refractivity contribution is 6.31. The maximum atomic E-state index is 12.7. The van der Waals surface area contributed by atoms with Gasteiger partial charge in [-0.05, 0) is 61.0 Å². The number of phenolic OH excluding ortho intramolecular Hbond substituents is 1. The van der Waals surface area contributed by atoms with Gasteiger partial charge in [-0.25, -0.2) is 4.98 Å². The predicted octanol–water partition coefficient (Wildman–Crippen LogP) is 5.14. The van der Waals surface area contributed by atoms with Crippen LogP contribution in [0.2, 0.25) is 5.02 Å². The Balaban J connectivity index is 1.49. The summed E-state index contributed by atoms with van der Waals surface area (Å²) in [7, 11) is 0. The number of anilines is 1. The monoisotopic (exact) mass is 422 g/mol. The third-order valence-electron chi connectivity index (χ3n) is 4.77. The minimum Gasteiger partial charge on any atom is -0.507 e. The van der Waals surface area contributed by atoms with Gasteiger partial charge in [0.15, 0.2) is 17.1 Å². The van der Waals surface area contributed by atoms with E-state index in [2.05, 4.69) is 10.3 Å². The van der Waals surface area contributed by atoms with Gasteiger partial charge in [0, 0.05) is 16.3 Å². The van der Waals surface area contributed by atoms with Crippen LogP contribution in [-0.2, 0) is 0 Å². The first-order valence-electron chi connectivity index (χ1n) is 9.09. The molecule has 1 amide bonds. The lowest BCUT2D eigenvalue weighted by molar-refractivity contribution is 0.102. The summed E-state index contributed by atoms with van der Waals surface area (Å²) < 4.78 is 16.4. The number of ether oxygens (including phenoxy) is 2. The van der Waals surface area contributed by atoms with E-state index in [0.29, 0.717) is 50.0 Å². The Morgan fingerprint density at radius 3 is 2.80 bits per heavy atom. The molecule has 3 aromatic carbocycles. The number of halogens is 1. The number of carbonyl (C=O) groups excluding carboxylic acids is 1. The minimum absolute atomic E-state index is 0.0220. The molecule has 0 unspecified atom stereocenters. The van der Waals surface area contributed by atoms with Crippen molar-refractivity contribution in [2.24, 2.45) is 0 Å². The highest BCUT2D eigenvalue weighted by Gasteiger charge is 2.19. The van der Waals surface area contributed by atoms with Crippen molar-refractivity contribution >= 4 is 34.3 Å². The zero-order valence-electron chi connectivity index (χ0n) is 15.7. The lowest BCUT2D eigenvalue weighted by Crippen LogP contribution is -2.12. The first kappa shape index (κ1) is 18.3. The van der Waals surface area contributed by atoms with E-state index in [1.807, 2.05) is 0 Å². The summed E-state index contributed by atoms with van der Waals surface area (Å²) in [6, 6.07) is 13.3. The van der Waals surface area contributed by atoms with Gasteiger partial charge in [-0.1, -0.05) is 11.6 Å². The lowest BCUT2D eigenvalue weighted by Gasteiger charge is -2.10. The first-order chi connectivity index (χ1) is 14.5. The van der Waals surface area contributed by atoms with E-state index in [4.69, 9.17) is 25.5 Å². The van der Waals surface area contributed by atoms with Crippen molar-refractivity contribution in [3.8, 4) is 28.7 Å². The zero-order chi connectivity index (χ0) is 20.8. The molecule has 150 valence electrons. The number of aromatic nitrogens is 1. The molecule has 0 atom stereocenters. The van der Waals surface area contributed by atoms with Crippen LogP contribution in [0.25, 0.3) is 22.6 Å². The molecule has 1 aliphatic heterocycles. The Kier molecular flexibility index (Phi) is 4.25. The molecule has 0 fully saturated rings. The van der Waals surface area contributed by atoms with Crippen LogP contribution in [0.5, 0.6) is 17.2 Å². The molecule has 0 aliphatic carbocycles. The van der Waals surface area contributed by atoms with E-state index in [9.17, 15) is 9.90 Å². The molecular formula is C22H15ClN2O5. The number of oxazole rings is 1. The molecule has 0 saturated heterocycles. The Bertz CT molecular complexity index is 1310. The molecular weight excluding hydrogens is 408 g/mol. The van der Waals surface area contributed by atoms with Gasteiger partial charge in [-0.3, -0.25) is 4.79 Å². The van der Waals surface area contributed by atoms with Gasteiger partial charge in [0.1, 0.15) is 11.3 Å². The number of phenols is 1. The summed E-state index contributed by atoms with van der Waals surface area (Å²) in [6.45, 7) is 1.87. The van der Waals surface area contributed by atoms with Gasteiger partial charge in [-0.2, -0.15) is 0 Å². The fraction of sp³-hybridized carbons (Fsp3) is 0.0909. The molecule has 0 saturated carbocycles. The predicted molar refractivity (Wildman–Crippen MR) is 111 cm³/mol. The van der Waals surface area contributed by atoms with Gasteiger partial charge < -0.3 is 24.3 Å². The maximum Gasteiger partial charge on any atom is 0.255 e. The second-order valence-corrected chi connectivity index (χ2v) is 7.28. The van der Waals surface area contributed by atoms with Crippen LogP contribution in [0.15, 0.2) is 52.9 Å². The Morgan fingerprint density at radius 2 is 1.93 bits per heavy atom. The van der Waals surface area contributed by atoms with E-state index in [0.717, 1.165) is 0 Å². The number of benzene rings is 3. The molecule has 2 heterocycles. The van der Waals surface area contributed by atoms with Gasteiger partial charge >= 0.3 is 0 Å². The van der Waals surface area contributed by atoms with Gasteiger partial charge in [-0.15, -0.1) is 0 Å². The standard InChI is InChI=1S/C22H15ClN2O5/c1-11-6-14(24-21(27)12-2-4-18-19(7-12)29-10-28-18)9-15(20(11)26)22-25-16-8-13(23)3-5-17(16)30-22/h2-9,26H,10H2,1H3,(H,24,27). The van der Waals surface area contributed by atoms with Crippen molar-refractivity contribution in [2.75, 3.05) is 12.1 Å². The number of rotatable bonds is 3. The zero-order valence-corrected chi connectivity index (χ0v) is 16.5. The third-order valence-corrected chi connectivity index (χ3v) is 5.01. The fourth-order valence-corrected chi connectivity index (χ4v) is 3.44. The van der Waals surface area contributed by atoms with Gasteiger partial charge in [0.2, 0.25) is 12.7 Å². The molecule has 4 aromatic rings. The van der Waals surface area contributed by atoms with Crippen LogP contribution in [0, 0.1) is 6.92 Å². The van der Waals surface area contributed by atoms with Crippen LogP contribution in [0.1, 0.15) is 15.9 Å². The SMILES string of the molecule is Cc1cc(NC(=O)c2ccc3c(c2)OCO3)cc(-c2nc3cc(Cl)ccc3o2)c1O. The summed E-state index contributed by atoms with van der Waals surface area (Å²) in [5.74, 6) is 1.05. The molecule has 0 bridgehead atoms. The van der Waals surface area contributed by atoms with E-state index >= 15 is 0 Å². The van der Waals surface area contributed by atoms with E-state index in [-0.39, 0.29) is 24.3 Å². The Morgan fingerprint density at radius 1 is 1.10 bits per heavy atom. The quantitative estimate of drug-likeness (QED) is 0.444. The highest BCUT2D eigenvalue weighted by atomic mass is 35.5. The van der Waals surface area contributed by atoms with Crippen LogP contribution < -0.4 is 14.8 Å². The number of hydrogen-bond donors (Lipinski definition) is 2. The van der Waals surface area contributed by atoms with Gasteiger partial charge in [0.25, 0.3) is 5.91 Å². The minimum atomic E-state index is -0.325. The first-order valence-corrected chi connectivity index (χ1v) is 9.47. The van der Waals surface area contributed by atoms with Crippen LogP contribution in [-0.4, -0.2) is 22.8 Å². The summed E-state index contributed by atoms with van der Waals surface area (Å²) >= 11 is 6.01. The normalized spacial score (nSPS) is 12.3. The van der Waals surface area contributed by atoms with Gasteiger partial charge in [0.05, 0.1) is 5.56 Å². The van der Waals surface area contributed by atoms with Crippen LogP contribution in [0.4, 0.5) is 5.69 Å². The number of amides is 1. The third kappa shape index (κ3) is 3.19. The summed E-state index contributed by atoms with van der Waals surface area (Å²) in [5, 5.41) is 13.9. The van der Waals surface area contributed by atoms with Crippen molar-refractivity contribution in [2.45, 2.75) is 6.92 Å². The summed E-state index contributed by atoms with van der Waals surface area (Å²) in [4.78, 5) is 17.1. The second-order valence-electron chi connectivity index (χ2n) is 6.84. The molecule has 5 rings (SSSR count). The molecule has 1 aliphatic rings. The summed E-state index contributed by atoms with van der Waals surface area (Å²) in [6.07, 6.45) is 0. The molecule has 8 heteroatoms. The average molecular weight is 423 g/mol. The second kappa shape index (κ2) is 6.96. The Hall–Kier alpha value is -3.71. The van der Waals surface area contributed by atoms with Crippen molar-refractivity contribution in [3.05, 3.63) is 64.7 Å². The fourth-order valence-electron chi connectivity index (χ4n) is 3.27. The van der Waals surface area contributed by atoms with Crippen LogP contribution in [0.3, 0.4) is 0 Å². The molecule has 30 heavy (non-hydrogen) atoms. The van der Waals surface area contributed by atoms with Crippen LogP contribution >= 0.6 is 11.6 Å². The lowest BCUT2D eigenvalue weighted by atomic mass is 10.1. The number of nitrogens with one attached hydrogen (secondary N) is 1. The summed E-state index contributed by atoms with van der Waals surface area (Å²) in [5.41, 5.74) is 2.95. The van der Waals surface area contributed by atoms with Crippen molar-refractivity contribution in [3.63, 3.8) is 0 Å². The number of aromatic hydroxyl groups is 1. The average Bonchev–Trinajstić information content (AvgIpc) is 3.36. The largest absolute Gasteiger partial charge is 0.507 e. The number of nitrogens with zero attached hydrogens (tertiary/aromatic N) is 1. The number of aryl methyl sites for hydroxylation is 1. The molecule has 2 N–H and O–H groups in total.